The fourth-order valence-corrected chi connectivity index (χ4v) is 1.71. The SMILES string of the molecule is O=C=NCCCCCCc1ccc(N=C=O)cc1. The van der Waals surface area contributed by atoms with Crippen molar-refractivity contribution < 1.29 is 9.59 Å². The predicted molar refractivity (Wildman–Crippen MR) is 69.4 cm³/mol. The average Bonchev–Trinajstić information content (AvgIpc) is 2.40. The lowest BCUT2D eigenvalue weighted by molar-refractivity contribution is 0.560. The van der Waals surface area contributed by atoms with E-state index in [0.717, 1.165) is 32.1 Å². The molecule has 18 heavy (non-hydrogen) atoms. The molecule has 0 amide bonds. The van der Waals surface area contributed by atoms with Crippen molar-refractivity contribution in [3.05, 3.63) is 29.8 Å². The van der Waals surface area contributed by atoms with Gasteiger partial charge in [0.15, 0.2) is 0 Å². The van der Waals surface area contributed by atoms with Gasteiger partial charge in [-0.3, -0.25) is 0 Å². The van der Waals surface area contributed by atoms with Gasteiger partial charge in [0.1, 0.15) is 0 Å². The van der Waals surface area contributed by atoms with Crippen LogP contribution < -0.4 is 0 Å². The summed E-state index contributed by atoms with van der Waals surface area (Å²) in [5, 5.41) is 0. The number of unbranched alkanes of at least 4 members (excludes halogenated alkanes) is 3. The van der Waals surface area contributed by atoms with Crippen molar-refractivity contribution >= 4 is 17.8 Å². The van der Waals surface area contributed by atoms with Crippen molar-refractivity contribution in [2.24, 2.45) is 9.98 Å². The first kappa shape index (κ1) is 14.0. The Labute approximate surface area is 106 Å². The van der Waals surface area contributed by atoms with Crippen LogP contribution in [0.15, 0.2) is 34.3 Å². The van der Waals surface area contributed by atoms with Crippen LogP contribution in [0.1, 0.15) is 31.2 Å². The summed E-state index contributed by atoms with van der Waals surface area (Å²) in [5.41, 5.74) is 1.88. The van der Waals surface area contributed by atoms with Crippen molar-refractivity contribution in [1.82, 2.24) is 0 Å². The minimum Gasteiger partial charge on any atom is -0.211 e. The van der Waals surface area contributed by atoms with Crippen LogP contribution in [0.2, 0.25) is 0 Å². The molecule has 0 aliphatic carbocycles. The number of benzene rings is 1. The highest BCUT2D eigenvalue weighted by Crippen LogP contribution is 2.14. The Morgan fingerprint density at radius 2 is 1.61 bits per heavy atom. The van der Waals surface area contributed by atoms with Crippen LogP contribution in [0, 0.1) is 0 Å². The second-order valence-corrected chi connectivity index (χ2v) is 4.01. The van der Waals surface area contributed by atoms with Gasteiger partial charge in [0.25, 0.3) is 0 Å². The van der Waals surface area contributed by atoms with Crippen molar-refractivity contribution in [1.29, 1.82) is 0 Å². The fourth-order valence-electron chi connectivity index (χ4n) is 1.71. The maximum absolute atomic E-state index is 10.1. The molecule has 4 heteroatoms. The van der Waals surface area contributed by atoms with E-state index in [1.807, 2.05) is 24.3 Å². The third kappa shape index (κ3) is 5.90. The van der Waals surface area contributed by atoms with Crippen molar-refractivity contribution in [3.63, 3.8) is 0 Å². The molecule has 0 aromatic heterocycles. The van der Waals surface area contributed by atoms with Gasteiger partial charge in [-0.1, -0.05) is 25.0 Å². The third-order valence-electron chi connectivity index (χ3n) is 2.66. The van der Waals surface area contributed by atoms with Crippen LogP contribution in [-0.2, 0) is 16.0 Å². The van der Waals surface area contributed by atoms with Gasteiger partial charge in [-0.25, -0.2) is 14.6 Å². The number of nitrogens with zero attached hydrogens (tertiary/aromatic N) is 2. The Bertz CT molecular complexity index is 441. The van der Waals surface area contributed by atoms with Gasteiger partial charge < -0.3 is 0 Å². The summed E-state index contributed by atoms with van der Waals surface area (Å²) >= 11 is 0. The van der Waals surface area contributed by atoms with Gasteiger partial charge in [0.2, 0.25) is 12.2 Å². The van der Waals surface area contributed by atoms with E-state index >= 15 is 0 Å². The van der Waals surface area contributed by atoms with Crippen molar-refractivity contribution in [2.45, 2.75) is 32.1 Å². The summed E-state index contributed by atoms with van der Waals surface area (Å²) in [5.74, 6) is 0. The van der Waals surface area contributed by atoms with Crippen LogP contribution in [0.5, 0.6) is 0 Å². The monoisotopic (exact) mass is 244 g/mol. The standard InChI is InChI=1S/C14H16N2O2/c17-11-15-10-4-2-1-3-5-13-6-8-14(9-7-13)16-12-18/h6-9H,1-5,10H2. The lowest BCUT2D eigenvalue weighted by Crippen LogP contribution is -1.87. The Hall–Kier alpha value is -2.02. The minimum absolute atomic E-state index is 0.585. The second-order valence-electron chi connectivity index (χ2n) is 4.01. The first-order valence-corrected chi connectivity index (χ1v) is 6.07. The molecule has 0 bridgehead atoms. The molecule has 0 heterocycles. The summed E-state index contributed by atoms with van der Waals surface area (Å²) in [7, 11) is 0. The molecular weight excluding hydrogens is 228 g/mol. The lowest BCUT2D eigenvalue weighted by atomic mass is 10.1. The smallest absolute Gasteiger partial charge is 0.211 e. The first-order chi connectivity index (χ1) is 8.86. The van der Waals surface area contributed by atoms with Crippen molar-refractivity contribution in [3.8, 4) is 0 Å². The molecule has 1 aromatic rings. The average molecular weight is 244 g/mol. The van der Waals surface area contributed by atoms with Crippen LogP contribution in [0.25, 0.3) is 0 Å². The van der Waals surface area contributed by atoms with E-state index in [-0.39, 0.29) is 0 Å². The summed E-state index contributed by atoms with van der Waals surface area (Å²) in [6.07, 6.45) is 8.34. The van der Waals surface area contributed by atoms with Gasteiger partial charge >= 0.3 is 0 Å². The molecule has 0 spiro atoms. The molecule has 0 saturated carbocycles. The van der Waals surface area contributed by atoms with E-state index in [9.17, 15) is 9.59 Å². The Kier molecular flexibility index (Phi) is 7.07. The van der Waals surface area contributed by atoms with E-state index < -0.39 is 0 Å². The number of aryl methyl sites for hydroxylation is 1. The quantitative estimate of drug-likeness (QED) is 0.401. The summed E-state index contributed by atoms with van der Waals surface area (Å²) < 4.78 is 0. The molecule has 0 aliphatic heterocycles. The maximum Gasteiger partial charge on any atom is 0.240 e. The van der Waals surface area contributed by atoms with Crippen LogP contribution in [0.3, 0.4) is 0 Å². The summed E-state index contributed by atoms with van der Waals surface area (Å²) in [6.45, 7) is 0.585. The normalized spacial score (nSPS) is 9.33. The highest BCUT2D eigenvalue weighted by Gasteiger charge is 1.95. The van der Waals surface area contributed by atoms with E-state index in [4.69, 9.17) is 0 Å². The van der Waals surface area contributed by atoms with Gasteiger partial charge in [0.05, 0.1) is 12.2 Å². The van der Waals surface area contributed by atoms with Crippen LogP contribution in [0.4, 0.5) is 5.69 Å². The molecule has 94 valence electrons. The molecular formula is C14H16N2O2. The molecule has 0 atom stereocenters. The molecule has 0 radical (unpaired) electrons. The zero-order valence-corrected chi connectivity index (χ0v) is 10.3. The van der Waals surface area contributed by atoms with Crippen LogP contribution in [-0.4, -0.2) is 18.7 Å². The zero-order valence-electron chi connectivity index (χ0n) is 10.3. The molecule has 1 aromatic carbocycles. The highest BCUT2D eigenvalue weighted by atomic mass is 16.1. The van der Waals surface area contributed by atoms with E-state index in [1.165, 1.54) is 17.7 Å². The summed E-state index contributed by atoms with van der Waals surface area (Å²) in [4.78, 5) is 26.9. The van der Waals surface area contributed by atoms with Gasteiger partial charge in [-0.2, -0.15) is 4.99 Å². The molecule has 0 unspecified atom stereocenters. The number of isocyanates is 2. The molecule has 0 aliphatic rings. The first-order valence-electron chi connectivity index (χ1n) is 6.07. The Morgan fingerprint density at radius 1 is 0.889 bits per heavy atom. The molecule has 0 saturated heterocycles. The molecule has 0 fully saturated rings. The largest absolute Gasteiger partial charge is 0.240 e. The fraction of sp³-hybridized carbons (Fsp3) is 0.429. The van der Waals surface area contributed by atoms with E-state index in [1.54, 1.807) is 0 Å². The number of rotatable bonds is 8. The minimum atomic E-state index is 0.585. The topological polar surface area (TPSA) is 58.9 Å². The molecule has 0 N–H and O–H groups in total. The number of hydrogen-bond acceptors (Lipinski definition) is 4. The van der Waals surface area contributed by atoms with Gasteiger partial charge in [-0.05, 0) is 37.0 Å². The van der Waals surface area contributed by atoms with E-state index in [0.29, 0.717) is 12.2 Å². The van der Waals surface area contributed by atoms with Crippen molar-refractivity contribution in [2.75, 3.05) is 6.54 Å². The third-order valence-corrected chi connectivity index (χ3v) is 2.66. The van der Waals surface area contributed by atoms with Gasteiger partial charge in [0, 0.05) is 0 Å². The van der Waals surface area contributed by atoms with Gasteiger partial charge in [-0.15, -0.1) is 0 Å². The number of carbonyl (C=O) groups excluding carboxylic acids is 2. The predicted octanol–water partition coefficient (Wildman–Crippen LogP) is 3.09. The number of hydrogen-bond donors (Lipinski definition) is 0. The Morgan fingerprint density at radius 3 is 2.28 bits per heavy atom. The maximum atomic E-state index is 10.1. The van der Waals surface area contributed by atoms with E-state index in [2.05, 4.69) is 9.98 Å². The second kappa shape index (κ2) is 9.06. The lowest BCUT2D eigenvalue weighted by Gasteiger charge is -2.01. The molecule has 1 rings (SSSR count). The zero-order chi connectivity index (χ0) is 13.1. The van der Waals surface area contributed by atoms with Crippen LogP contribution >= 0.6 is 0 Å². The highest BCUT2D eigenvalue weighted by molar-refractivity contribution is 5.49. The molecule has 4 nitrogen and oxygen atoms in total. The summed E-state index contributed by atoms with van der Waals surface area (Å²) in [6, 6.07) is 7.60. The number of aliphatic imine (C=N–C) groups is 2. The Balaban J connectivity index is 2.19.